The number of para-hydroxylation sites is 1. The molecule has 0 aliphatic heterocycles. The average molecular weight is 605 g/mol. The minimum Gasteiger partial charge on any atom is -0.449 e. The Bertz CT molecular complexity index is 1790. The topological polar surface area (TPSA) is 128 Å². The number of hydrogen-bond acceptors (Lipinski definition) is 6. The molecule has 1 unspecified atom stereocenters. The van der Waals surface area contributed by atoms with E-state index in [-0.39, 0.29) is 16.1 Å². The minimum absolute atomic E-state index is 0.0390. The molecule has 0 bridgehead atoms. The zero-order valence-electron chi connectivity index (χ0n) is 24.9. The van der Waals surface area contributed by atoms with E-state index in [4.69, 9.17) is 4.74 Å². The Balaban J connectivity index is 1.47. The van der Waals surface area contributed by atoms with Crippen LogP contribution in [0.5, 0.6) is 0 Å². The number of carbonyl (C=O) groups excluding carboxylic acids is 2. The highest BCUT2D eigenvalue weighted by Gasteiger charge is 2.25. The summed E-state index contributed by atoms with van der Waals surface area (Å²) >= 11 is 0. The first-order chi connectivity index (χ1) is 20.4. The van der Waals surface area contributed by atoms with Gasteiger partial charge in [0.15, 0.2) is 6.10 Å². The van der Waals surface area contributed by atoms with E-state index in [0.717, 1.165) is 24.8 Å². The summed E-state index contributed by atoms with van der Waals surface area (Å²) in [5, 5.41) is 2.58. The number of esters is 1. The smallest absolute Gasteiger partial charge is 0.338 e. The van der Waals surface area contributed by atoms with Gasteiger partial charge in [0.1, 0.15) is 5.69 Å². The van der Waals surface area contributed by atoms with E-state index >= 15 is 0 Å². The normalized spacial score (nSPS) is 12.0. The largest absolute Gasteiger partial charge is 0.449 e. The van der Waals surface area contributed by atoms with E-state index in [1.54, 1.807) is 62.0 Å². The summed E-state index contributed by atoms with van der Waals surface area (Å²) in [6.45, 7) is 6.80. The second-order valence-corrected chi connectivity index (χ2v) is 12.0. The predicted molar refractivity (Wildman–Crippen MR) is 166 cm³/mol. The van der Waals surface area contributed by atoms with Gasteiger partial charge in [0.2, 0.25) is 0 Å². The van der Waals surface area contributed by atoms with Crippen molar-refractivity contribution in [3.63, 3.8) is 0 Å². The van der Waals surface area contributed by atoms with Crippen molar-refractivity contribution in [1.29, 1.82) is 0 Å². The van der Waals surface area contributed by atoms with E-state index in [9.17, 15) is 22.8 Å². The van der Waals surface area contributed by atoms with Crippen LogP contribution in [0.2, 0.25) is 0 Å². The molecule has 0 aliphatic rings. The second kappa shape index (κ2) is 13.1. The van der Waals surface area contributed by atoms with Crippen molar-refractivity contribution in [2.24, 2.45) is 7.05 Å². The van der Waals surface area contributed by atoms with Crippen molar-refractivity contribution in [3.05, 3.63) is 106 Å². The first-order valence-electron chi connectivity index (χ1n) is 14.0. The molecule has 0 saturated heterocycles. The molecular formula is C32H36N4O6S. The quantitative estimate of drug-likeness (QED) is 0.229. The van der Waals surface area contributed by atoms with Crippen LogP contribution in [0.3, 0.4) is 0 Å². The van der Waals surface area contributed by atoms with Crippen LogP contribution in [-0.4, -0.2) is 35.8 Å². The van der Waals surface area contributed by atoms with Gasteiger partial charge in [0.05, 0.1) is 21.8 Å². The maximum absolute atomic E-state index is 13.2. The van der Waals surface area contributed by atoms with E-state index in [1.807, 2.05) is 18.2 Å². The molecule has 4 aromatic rings. The van der Waals surface area contributed by atoms with Gasteiger partial charge in [-0.15, -0.1) is 0 Å². The van der Waals surface area contributed by atoms with Gasteiger partial charge in [0, 0.05) is 12.7 Å². The molecular weight excluding hydrogens is 568 g/mol. The van der Waals surface area contributed by atoms with Gasteiger partial charge in [-0.3, -0.25) is 19.0 Å². The van der Waals surface area contributed by atoms with Crippen molar-refractivity contribution in [2.75, 3.05) is 10.0 Å². The van der Waals surface area contributed by atoms with Gasteiger partial charge in [-0.05, 0) is 81.1 Å². The Kier molecular flexibility index (Phi) is 9.55. The number of benzene rings is 3. The van der Waals surface area contributed by atoms with Crippen LogP contribution in [0.15, 0.2) is 82.5 Å². The monoisotopic (exact) mass is 604 g/mol. The van der Waals surface area contributed by atoms with Gasteiger partial charge in [-0.2, -0.15) is 0 Å². The van der Waals surface area contributed by atoms with Crippen LogP contribution in [0.25, 0.3) is 5.69 Å². The van der Waals surface area contributed by atoms with Crippen molar-refractivity contribution in [1.82, 2.24) is 9.36 Å². The number of unbranched alkanes of at least 4 members (excludes halogenated alkanes) is 1. The molecule has 1 atom stereocenters. The van der Waals surface area contributed by atoms with Gasteiger partial charge < -0.3 is 10.1 Å². The molecule has 0 saturated carbocycles. The van der Waals surface area contributed by atoms with Gasteiger partial charge >= 0.3 is 5.97 Å². The molecule has 0 aliphatic carbocycles. The predicted octanol–water partition coefficient (Wildman–Crippen LogP) is 5.12. The van der Waals surface area contributed by atoms with Crippen LogP contribution in [0.1, 0.15) is 53.9 Å². The van der Waals surface area contributed by atoms with Crippen LogP contribution >= 0.6 is 0 Å². The number of ether oxygens (including phenoxy) is 1. The molecule has 43 heavy (non-hydrogen) atoms. The molecule has 11 heteroatoms. The first kappa shape index (κ1) is 31.3. The van der Waals surface area contributed by atoms with Crippen molar-refractivity contribution >= 4 is 33.3 Å². The molecule has 1 amide bonds. The number of nitrogens with one attached hydrogen (secondary N) is 2. The average Bonchev–Trinajstić information content (AvgIpc) is 3.19. The van der Waals surface area contributed by atoms with Gasteiger partial charge in [0.25, 0.3) is 21.5 Å². The van der Waals surface area contributed by atoms with Crippen LogP contribution < -0.4 is 15.6 Å². The maximum Gasteiger partial charge on any atom is 0.338 e. The maximum atomic E-state index is 13.2. The molecule has 0 spiro atoms. The zero-order valence-corrected chi connectivity index (χ0v) is 25.7. The van der Waals surface area contributed by atoms with Crippen LogP contribution in [0, 0.1) is 13.8 Å². The highest BCUT2D eigenvalue weighted by atomic mass is 32.2. The SMILES string of the molecule is CCCCc1ccc(NS(=O)(=O)c2cc(C(=O)OC(C)C(=O)Nc3c(C)n(C)n(-c4ccccc4)c3=O)ccc2C)cc1. The lowest BCUT2D eigenvalue weighted by Crippen LogP contribution is -2.32. The summed E-state index contributed by atoms with van der Waals surface area (Å²) in [6.07, 6.45) is 1.76. The molecule has 10 nitrogen and oxygen atoms in total. The Morgan fingerprint density at radius 1 is 0.977 bits per heavy atom. The molecule has 2 N–H and O–H groups in total. The van der Waals surface area contributed by atoms with Gasteiger partial charge in [-0.1, -0.05) is 49.7 Å². The van der Waals surface area contributed by atoms with E-state index in [1.165, 1.54) is 29.8 Å². The number of nitrogens with zero attached hydrogens (tertiary/aromatic N) is 2. The number of sulfonamides is 1. The Morgan fingerprint density at radius 2 is 1.65 bits per heavy atom. The number of aromatic nitrogens is 2. The summed E-state index contributed by atoms with van der Waals surface area (Å²) in [5.74, 6) is -1.59. The number of aryl methyl sites for hydroxylation is 2. The molecule has 1 aromatic heterocycles. The Labute approximate surface area is 251 Å². The molecule has 1 heterocycles. The minimum atomic E-state index is -4.03. The first-order valence-corrected chi connectivity index (χ1v) is 15.5. The molecule has 4 rings (SSSR count). The number of carbonyl (C=O) groups is 2. The van der Waals surface area contributed by atoms with Crippen molar-refractivity contribution in [3.8, 4) is 5.69 Å². The van der Waals surface area contributed by atoms with E-state index < -0.39 is 33.6 Å². The summed E-state index contributed by atoms with van der Waals surface area (Å²) in [5.41, 5.74) is 2.68. The lowest BCUT2D eigenvalue weighted by atomic mass is 10.1. The second-order valence-electron chi connectivity index (χ2n) is 10.4. The van der Waals surface area contributed by atoms with E-state index in [2.05, 4.69) is 17.0 Å². The summed E-state index contributed by atoms with van der Waals surface area (Å²) < 4.78 is 37.4. The summed E-state index contributed by atoms with van der Waals surface area (Å²) in [4.78, 5) is 39.0. The fourth-order valence-electron chi connectivity index (χ4n) is 4.57. The molecule has 3 aromatic carbocycles. The number of amides is 1. The highest BCUT2D eigenvalue weighted by molar-refractivity contribution is 7.92. The summed E-state index contributed by atoms with van der Waals surface area (Å²) in [6, 6.07) is 20.3. The lowest BCUT2D eigenvalue weighted by molar-refractivity contribution is -0.123. The Hall–Kier alpha value is -4.64. The molecule has 0 fully saturated rings. The third-order valence-electron chi connectivity index (χ3n) is 7.19. The Morgan fingerprint density at radius 3 is 2.30 bits per heavy atom. The molecule has 226 valence electrons. The van der Waals surface area contributed by atoms with Crippen LogP contribution in [-0.2, 0) is 33.0 Å². The standard InChI is InChI=1S/C32H36N4O6S/c1-6-7-11-24-15-18-26(19-16-24)34-43(40,41)28-20-25(17-14-21(28)2)32(39)42-23(4)30(37)33-29-22(3)35(5)36(31(29)38)27-12-9-8-10-13-27/h8-10,12-20,23,34H,6-7,11H2,1-5H3,(H,33,37). The van der Waals surface area contributed by atoms with Crippen LogP contribution in [0.4, 0.5) is 11.4 Å². The number of rotatable bonds is 11. The van der Waals surface area contributed by atoms with E-state index in [0.29, 0.717) is 22.6 Å². The fraction of sp³-hybridized carbons (Fsp3) is 0.281. The van der Waals surface area contributed by atoms with Crippen molar-refractivity contribution in [2.45, 2.75) is 58.0 Å². The molecule has 0 radical (unpaired) electrons. The van der Waals surface area contributed by atoms with Crippen molar-refractivity contribution < 1.29 is 22.7 Å². The number of hydrogen-bond donors (Lipinski definition) is 2. The summed E-state index contributed by atoms with van der Waals surface area (Å²) in [7, 11) is -2.33. The van der Waals surface area contributed by atoms with Gasteiger partial charge in [-0.25, -0.2) is 17.9 Å². The number of anilines is 2. The lowest BCUT2D eigenvalue weighted by Gasteiger charge is -2.15. The zero-order chi connectivity index (χ0) is 31.3. The highest BCUT2D eigenvalue weighted by Crippen LogP contribution is 2.23. The third kappa shape index (κ3) is 7.06. The third-order valence-corrected chi connectivity index (χ3v) is 8.72. The fourth-order valence-corrected chi connectivity index (χ4v) is 5.90.